The number of halogens is 1. The van der Waals surface area contributed by atoms with Gasteiger partial charge in [-0.1, -0.05) is 65.3 Å². The molecular weight excluding hydrogens is 334 g/mol. The van der Waals surface area contributed by atoms with Crippen molar-refractivity contribution in [3.8, 4) is 0 Å². The minimum Gasteiger partial charge on any atom is -0.384 e. The predicted octanol–water partition coefficient (Wildman–Crippen LogP) is 3.96. The smallest absolute Gasteiger partial charge is 0.178 e. The lowest BCUT2D eigenvalue weighted by Crippen LogP contribution is -2.08. The van der Waals surface area contributed by atoms with Gasteiger partial charge in [0, 0.05) is 10.9 Å². The van der Waals surface area contributed by atoms with Gasteiger partial charge in [0.2, 0.25) is 0 Å². The Kier molecular flexibility index (Phi) is 4.07. The van der Waals surface area contributed by atoms with E-state index in [0.717, 1.165) is 33.7 Å². The summed E-state index contributed by atoms with van der Waals surface area (Å²) in [6, 6.07) is 20.0. The van der Waals surface area contributed by atoms with Crippen LogP contribution in [0.2, 0.25) is 5.02 Å². The van der Waals surface area contributed by atoms with Crippen LogP contribution in [-0.4, -0.2) is 20.4 Å². The van der Waals surface area contributed by atoms with Crippen LogP contribution in [0, 0.1) is 0 Å². The highest BCUT2D eigenvalue weighted by molar-refractivity contribution is 6.31. The van der Waals surface area contributed by atoms with E-state index >= 15 is 0 Å². The zero-order valence-electron chi connectivity index (χ0n) is 13.4. The molecule has 0 spiro atoms. The summed E-state index contributed by atoms with van der Waals surface area (Å²) in [7, 11) is 0. The number of pyridine rings is 1. The molecule has 0 amide bonds. The third kappa shape index (κ3) is 3.06. The largest absolute Gasteiger partial charge is 0.384 e. The fourth-order valence-electron chi connectivity index (χ4n) is 3.13. The van der Waals surface area contributed by atoms with Gasteiger partial charge in [-0.3, -0.25) is 0 Å². The van der Waals surface area contributed by atoms with Crippen LogP contribution in [0.25, 0.3) is 11.2 Å². The predicted molar refractivity (Wildman–Crippen MR) is 99.5 cm³/mol. The summed E-state index contributed by atoms with van der Waals surface area (Å²) in [4.78, 5) is 4.27. The standard InChI is InChI=1S/C19H16ClN5/c20-16-9-5-4-8-13(16)10-14(12-6-2-1-3-7-12)15-11-17(21)22-19-18(15)23-25-24-19/h1-9,11,14H,10H2,(H3,21,22,23,24,25). The molecule has 0 saturated carbocycles. The average molecular weight is 350 g/mol. The summed E-state index contributed by atoms with van der Waals surface area (Å²) in [5.41, 5.74) is 10.6. The van der Waals surface area contributed by atoms with Crippen LogP contribution in [0.4, 0.5) is 5.82 Å². The van der Waals surface area contributed by atoms with Crippen LogP contribution < -0.4 is 5.73 Å². The molecule has 0 aliphatic heterocycles. The molecule has 4 rings (SSSR count). The van der Waals surface area contributed by atoms with Crippen molar-refractivity contribution in [1.29, 1.82) is 0 Å². The Morgan fingerprint density at radius 2 is 1.80 bits per heavy atom. The van der Waals surface area contributed by atoms with Crippen molar-refractivity contribution >= 4 is 28.6 Å². The van der Waals surface area contributed by atoms with Gasteiger partial charge in [-0.05, 0) is 35.2 Å². The second-order valence-electron chi connectivity index (χ2n) is 5.90. The van der Waals surface area contributed by atoms with E-state index < -0.39 is 0 Å². The number of nitrogens with two attached hydrogens (primary N) is 1. The molecule has 1 atom stereocenters. The lowest BCUT2D eigenvalue weighted by atomic mass is 9.85. The van der Waals surface area contributed by atoms with Gasteiger partial charge in [0.05, 0.1) is 0 Å². The summed E-state index contributed by atoms with van der Waals surface area (Å²) in [5, 5.41) is 11.7. The third-order valence-electron chi connectivity index (χ3n) is 4.31. The summed E-state index contributed by atoms with van der Waals surface area (Å²) < 4.78 is 0. The molecule has 4 aromatic rings. The zero-order chi connectivity index (χ0) is 17.2. The Morgan fingerprint density at radius 3 is 2.60 bits per heavy atom. The molecule has 2 aromatic carbocycles. The maximum absolute atomic E-state index is 6.40. The number of nitrogens with zero attached hydrogens (tertiary/aromatic N) is 3. The van der Waals surface area contributed by atoms with Crippen LogP contribution in [0.5, 0.6) is 0 Å². The first kappa shape index (κ1) is 15.6. The Balaban J connectivity index is 1.88. The van der Waals surface area contributed by atoms with E-state index in [-0.39, 0.29) is 5.92 Å². The first-order chi connectivity index (χ1) is 12.2. The van der Waals surface area contributed by atoms with Crippen LogP contribution >= 0.6 is 11.6 Å². The van der Waals surface area contributed by atoms with Crippen molar-refractivity contribution in [3.63, 3.8) is 0 Å². The Hall–Kier alpha value is -2.92. The van der Waals surface area contributed by atoms with Gasteiger partial charge in [0.15, 0.2) is 5.65 Å². The summed E-state index contributed by atoms with van der Waals surface area (Å²) in [5.74, 6) is 0.479. The van der Waals surface area contributed by atoms with Gasteiger partial charge < -0.3 is 5.73 Å². The monoisotopic (exact) mass is 349 g/mol. The maximum atomic E-state index is 6.40. The molecule has 0 aliphatic rings. The highest BCUT2D eigenvalue weighted by Crippen LogP contribution is 2.34. The van der Waals surface area contributed by atoms with E-state index in [1.165, 1.54) is 0 Å². The van der Waals surface area contributed by atoms with Crippen LogP contribution in [0.15, 0.2) is 60.7 Å². The SMILES string of the molecule is Nc1cc(C(Cc2ccccc2Cl)c2ccccc2)c2nn[nH]c2n1. The van der Waals surface area contributed by atoms with Crippen molar-refractivity contribution in [3.05, 3.63) is 82.4 Å². The highest BCUT2D eigenvalue weighted by Gasteiger charge is 2.21. The summed E-state index contributed by atoms with van der Waals surface area (Å²) in [6.45, 7) is 0. The number of benzene rings is 2. The fraction of sp³-hybridized carbons (Fsp3) is 0.105. The first-order valence-electron chi connectivity index (χ1n) is 7.98. The maximum Gasteiger partial charge on any atom is 0.178 e. The number of anilines is 1. The summed E-state index contributed by atoms with van der Waals surface area (Å²) >= 11 is 6.40. The highest BCUT2D eigenvalue weighted by atomic mass is 35.5. The number of hydrogen-bond donors (Lipinski definition) is 2. The minimum absolute atomic E-state index is 0.0407. The normalized spacial score (nSPS) is 12.4. The molecule has 0 saturated heterocycles. The van der Waals surface area contributed by atoms with Crippen molar-refractivity contribution in [1.82, 2.24) is 20.4 Å². The second-order valence-corrected chi connectivity index (χ2v) is 6.31. The third-order valence-corrected chi connectivity index (χ3v) is 4.68. The lowest BCUT2D eigenvalue weighted by Gasteiger charge is -2.19. The van der Waals surface area contributed by atoms with Gasteiger partial charge in [-0.25, -0.2) is 10.1 Å². The molecule has 124 valence electrons. The molecule has 25 heavy (non-hydrogen) atoms. The number of nitrogens with one attached hydrogen (secondary N) is 1. The van der Waals surface area contributed by atoms with Crippen LogP contribution in [0.1, 0.15) is 22.6 Å². The molecule has 0 radical (unpaired) electrons. The molecule has 2 aromatic heterocycles. The zero-order valence-corrected chi connectivity index (χ0v) is 14.1. The van der Waals surface area contributed by atoms with E-state index in [0.29, 0.717) is 11.5 Å². The Labute approximate surface area is 149 Å². The van der Waals surface area contributed by atoms with E-state index in [1.54, 1.807) is 0 Å². The minimum atomic E-state index is 0.0407. The summed E-state index contributed by atoms with van der Waals surface area (Å²) in [6.07, 6.45) is 0.731. The topological polar surface area (TPSA) is 80.5 Å². The van der Waals surface area contributed by atoms with Gasteiger partial charge >= 0.3 is 0 Å². The number of fused-ring (bicyclic) bond motifs is 1. The molecule has 0 aliphatic carbocycles. The van der Waals surface area contributed by atoms with E-state index in [1.807, 2.05) is 48.5 Å². The van der Waals surface area contributed by atoms with Crippen LogP contribution in [0.3, 0.4) is 0 Å². The molecule has 1 unspecified atom stereocenters. The average Bonchev–Trinajstić information content (AvgIpc) is 3.09. The number of aromatic nitrogens is 4. The fourth-order valence-corrected chi connectivity index (χ4v) is 3.34. The first-order valence-corrected chi connectivity index (χ1v) is 8.35. The number of nitrogen functional groups attached to an aromatic ring is 1. The molecule has 2 heterocycles. The number of hydrogen-bond acceptors (Lipinski definition) is 4. The molecule has 0 fully saturated rings. The molecule has 5 nitrogen and oxygen atoms in total. The number of rotatable bonds is 4. The van der Waals surface area contributed by atoms with Gasteiger partial charge in [-0.15, -0.1) is 5.10 Å². The van der Waals surface area contributed by atoms with E-state index in [9.17, 15) is 0 Å². The number of aromatic amines is 1. The van der Waals surface area contributed by atoms with Gasteiger partial charge in [-0.2, -0.15) is 0 Å². The van der Waals surface area contributed by atoms with Crippen molar-refractivity contribution in [2.24, 2.45) is 0 Å². The Morgan fingerprint density at radius 1 is 1.04 bits per heavy atom. The van der Waals surface area contributed by atoms with Gasteiger partial charge in [0.1, 0.15) is 11.3 Å². The molecule has 0 bridgehead atoms. The number of H-pyrrole nitrogens is 1. The van der Waals surface area contributed by atoms with Gasteiger partial charge in [0.25, 0.3) is 0 Å². The molecular formula is C19H16ClN5. The second kappa shape index (κ2) is 6.53. The van der Waals surface area contributed by atoms with Crippen molar-refractivity contribution < 1.29 is 0 Å². The molecule has 6 heteroatoms. The van der Waals surface area contributed by atoms with E-state index in [4.69, 9.17) is 17.3 Å². The quantitative estimate of drug-likeness (QED) is 0.584. The van der Waals surface area contributed by atoms with Crippen molar-refractivity contribution in [2.45, 2.75) is 12.3 Å². The molecule has 3 N–H and O–H groups in total. The van der Waals surface area contributed by atoms with Crippen LogP contribution in [-0.2, 0) is 6.42 Å². The Bertz CT molecular complexity index is 1010. The lowest BCUT2D eigenvalue weighted by molar-refractivity contribution is 0.808. The van der Waals surface area contributed by atoms with E-state index in [2.05, 4.69) is 32.5 Å². The van der Waals surface area contributed by atoms with Crippen molar-refractivity contribution in [2.75, 3.05) is 5.73 Å².